The van der Waals surface area contributed by atoms with Crippen molar-refractivity contribution in [3.8, 4) is 0 Å². The first kappa shape index (κ1) is 18.2. The molecule has 134 valence electrons. The summed E-state index contributed by atoms with van der Waals surface area (Å²) in [6.07, 6.45) is 3.01. The van der Waals surface area contributed by atoms with E-state index in [4.69, 9.17) is 0 Å². The minimum absolute atomic E-state index is 0.0808. The lowest BCUT2D eigenvalue weighted by molar-refractivity contribution is -0.136. The number of carbonyl (C=O) groups excluding carboxylic acids is 1. The highest BCUT2D eigenvalue weighted by atomic mass is 32.1. The highest BCUT2D eigenvalue weighted by molar-refractivity contribution is 7.09. The average Bonchev–Trinajstić information content (AvgIpc) is 3.15. The van der Waals surface area contributed by atoms with Crippen LogP contribution in [0.3, 0.4) is 0 Å². The van der Waals surface area contributed by atoms with Gasteiger partial charge in [-0.05, 0) is 43.3 Å². The van der Waals surface area contributed by atoms with Crippen molar-refractivity contribution >= 4 is 17.2 Å². The van der Waals surface area contributed by atoms with Gasteiger partial charge < -0.3 is 4.90 Å². The van der Waals surface area contributed by atoms with Crippen LogP contribution in [0.5, 0.6) is 0 Å². The topological polar surface area (TPSA) is 23.6 Å². The molecule has 0 saturated carbocycles. The van der Waals surface area contributed by atoms with E-state index in [-0.39, 0.29) is 5.92 Å². The van der Waals surface area contributed by atoms with E-state index in [2.05, 4.69) is 71.6 Å². The summed E-state index contributed by atoms with van der Waals surface area (Å²) in [5.41, 5.74) is 1.35. The van der Waals surface area contributed by atoms with Crippen LogP contribution in [-0.4, -0.2) is 41.9 Å². The van der Waals surface area contributed by atoms with E-state index >= 15 is 0 Å². The molecule has 0 bridgehead atoms. The van der Waals surface area contributed by atoms with E-state index < -0.39 is 0 Å². The molecule has 2 heterocycles. The van der Waals surface area contributed by atoms with Gasteiger partial charge in [0.1, 0.15) is 0 Å². The molecule has 1 atom stereocenters. The summed E-state index contributed by atoms with van der Waals surface area (Å²) in [7, 11) is 2.20. The number of nitrogens with zero attached hydrogens (tertiary/aromatic N) is 2. The Kier molecular flexibility index (Phi) is 6.27. The summed E-state index contributed by atoms with van der Waals surface area (Å²) >= 11 is 1.74. The van der Waals surface area contributed by atoms with Gasteiger partial charge in [0.25, 0.3) is 0 Å². The van der Waals surface area contributed by atoms with E-state index in [1.165, 1.54) is 10.4 Å². The molecule has 1 amide bonds. The zero-order valence-corrected chi connectivity index (χ0v) is 16.0. The Morgan fingerprint density at radius 2 is 1.92 bits per heavy atom. The number of benzene rings is 1. The predicted molar refractivity (Wildman–Crippen MR) is 105 cm³/mol. The number of piperidine rings is 1. The molecule has 1 aliphatic heterocycles. The van der Waals surface area contributed by atoms with Crippen LogP contribution in [0.15, 0.2) is 47.8 Å². The van der Waals surface area contributed by atoms with E-state index in [1.807, 2.05) is 0 Å². The van der Waals surface area contributed by atoms with Gasteiger partial charge in [-0.25, -0.2) is 0 Å². The summed E-state index contributed by atoms with van der Waals surface area (Å²) in [6, 6.07) is 15.4. The van der Waals surface area contributed by atoms with Gasteiger partial charge in [0, 0.05) is 36.5 Å². The number of likely N-dealkylation sites (tertiary alicyclic amines) is 1. The molecule has 1 unspecified atom stereocenters. The number of amides is 1. The standard InChI is InChI=1S/C21H28N2OS/c1-17(15-20-9-6-14-25-20)21(24)23-12-10-19(11-13-23)22(2)16-18-7-4-3-5-8-18/h3-9,14,17,19H,10-13,15-16H2,1-2H3. The normalized spacial score (nSPS) is 17.0. The van der Waals surface area contributed by atoms with Crippen molar-refractivity contribution in [2.24, 2.45) is 5.92 Å². The second-order valence-electron chi connectivity index (χ2n) is 7.14. The first-order chi connectivity index (χ1) is 12.1. The predicted octanol–water partition coefficient (Wildman–Crippen LogP) is 4.05. The second kappa shape index (κ2) is 8.63. The maximum absolute atomic E-state index is 12.7. The van der Waals surface area contributed by atoms with Crippen molar-refractivity contribution in [2.75, 3.05) is 20.1 Å². The molecule has 25 heavy (non-hydrogen) atoms. The van der Waals surface area contributed by atoms with E-state index in [0.29, 0.717) is 11.9 Å². The first-order valence-electron chi connectivity index (χ1n) is 9.19. The van der Waals surface area contributed by atoms with E-state index in [0.717, 1.165) is 38.9 Å². The molecule has 0 aliphatic carbocycles. The fourth-order valence-corrected chi connectivity index (χ4v) is 4.49. The van der Waals surface area contributed by atoms with Crippen LogP contribution in [0.2, 0.25) is 0 Å². The minimum atomic E-state index is 0.0808. The third-order valence-corrected chi connectivity index (χ3v) is 6.08. The molecule has 4 heteroatoms. The van der Waals surface area contributed by atoms with Gasteiger partial charge in [0.2, 0.25) is 5.91 Å². The number of carbonyl (C=O) groups is 1. The van der Waals surface area contributed by atoms with Crippen LogP contribution in [-0.2, 0) is 17.8 Å². The lowest BCUT2D eigenvalue weighted by Gasteiger charge is -2.37. The maximum atomic E-state index is 12.7. The Morgan fingerprint density at radius 3 is 2.56 bits per heavy atom. The Morgan fingerprint density at radius 1 is 1.20 bits per heavy atom. The summed E-state index contributed by atoms with van der Waals surface area (Å²) in [5, 5.41) is 2.08. The molecule has 1 aromatic heterocycles. The Bertz CT molecular complexity index is 648. The Labute approximate surface area is 155 Å². The van der Waals surface area contributed by atoms with E-state index in [1.54, 1.807) is 11.3 Å². The van der Waals surface area contributed by atoms with Crippen LogP contribution in [0.25, 0.3) is 0 Å². The van der Waals surface area contributed by atoms with Crippen LogP contribution in [0.1, 0.15) is 30.2 Å². The van der Waals surface area contributed by atoms with Crippen molar-refractivity contribution in [1.82, 2.24) is 9.80 Å². The first-order valence-corrected chi connectivity index (χ1v) is 10.1. The van der Waals surface area contributed by atoms with Crippen molar-refractivity contribution in [2.45, 2.75) is 38.8 Å². The molecular formula is C21H28N2OS. The number of rotatable bonds is 6. The zero-order valence-electron chi connectivity index (χ0n) is 15.2. The summed E-state index contributed by atoms with van der Waals surface area (Å²) < 4.78 is 0. The third-order valence-electron chi connectivity index (χ3n) is 5.18. The molecule has 1 aliphatic rings. The molecule has 0 spiro atoms. The third kappa shape index (κ3) is 4.93. The van der Waals surface area contributed by atoms with E-state index in [9.17, 15) is 4.79 Å². The highest BCUT2D eigenvalue weighted by Gasteiger charge is 2.27. The van der Waals surface area contributed by atoms with Crippen LogP contribution < -0.4 is 0 Å². The second-order valence-corrected chi connectivity index (χ2v) is 8.17. The molecule has 3 nitrogen and oxygen atoms in total. The maximum Gasteiger partial charge on any atom is 0.225 e. The van der Waals surface area contributed by atoms with Crippen molar-refractivity contribution in [3.63, 3.8) is 0 Å². The Hall–Kier alpha value is -1.65. The van der Waals surface area contributed by atoms with Gasteiger partial charge in [-0.3, -0.25) is 9.69 Å². The molecule has 1 aromatic carbocycles. The van der Waals surface area contributed by atoms with Crippen molar-refractivity contribution in [1.29, 1.82) is 0 Å². The summed E-state index contributed by atoms with van der Waals surface area (Å²) in [4.78, 5) is 18.5. The number of hydrogen-bond acceptors (Lipinski definition) is 3. The largest absolute Gasteiger partial charge is 0.342 e. The van der Waals surface area contributed by atoms with Gasteiger partial charge in [-0.1, -0.05) is 43.3 Å². The molecule has 0 radical (unpaired) electrons. The van der Waals surface area contributed by atoms with Crippen LogP contribution >= 0.6 is 11.3 Å². The average molecular weight is 357 g/mol. The summed E-state index contributed by atoms with van der Waals surface area (Å²) in [6.45, 7) is 4.82. The van der Waals surface area contributed by atoms with Crippen LogP contribution in [0, 0.1) is 5.92 Å². The molecule has 2 aromatic rings. The lowest BCUT2D eigenvalue weighted by Crippen LogP contribution is -2.47. The molecule has 0 N–H and O–H groups in total. The van der Waals surface area contributed by atoms with Gasteiger partial charge in [0.15, 0.2) is 0 Å². The highest BCUT2D eigenvalue weighted by Crippen LogP contribution is 2.21. The lowest BCUT2D eigenvalue weighted by atomic mass is 9.99. The SMILES string of the molecule is CC(Cc1cccs1)C(=O)N1CCC(N(C)Cc2ccccc2)CC1. The van der Waals surface area contributed by atoms with Crippen molar-refractivity contribution < 1.29 is 4.79 Å². The number of hydrogen-bond donors (Lipinski definition) is 0. The van der Waals surface area contributed by atoms with Gasteiger partial charge in [-0.15, -0.1) is 11.3 Å². The molecule has 1 saturated heterocycles. The fraction of sp³-hybridized carbons (Fsp3) is 0.476. The minimum Gasteiger partial charge on any atom is -0.342 e. The molecule has 1 fully saturated rings. The summed E-state index contributed by atoms with van der Waals surface area (Å²) in [5.74, 6) is 0.398. The van der Waals surface area contributed by atoms with Crippen LogP contribution in [0.4, 0.5) is 0 Å². The van der Waals surface area contributed by atoms with Gasteiger partial charge >= 0.3 is 0 Å². The number of thiophene rings is 1. The fourth-order valence-electron chi connectivity index (χ4n) is 3.66. The molecular weight excluding hydrogens is 328 g/mol. The monoisotopic (exact) mass is 356 g/mol. The zero-order chi connectivity index (χ0) is 17.6. The smallest absolute Gasteiger partial charge is 0.225 e. The van der Waals surface area contributed by atoms with Gasteiger partial charge in [-0.2, -0.15) is 0 Å². The Balaban J connectivity index is 1.47. The molecule has 3 rings (SSSR count). The quantitative estimate of drug-likeness (QED) is 0.779. The van der Waals surface area contributed by atoms with Crippen molar-refractivity contribution in [3.05, 3.63) is 58.3 Å². The van der Waals surface area contributed by atoms with Gasteiger partial charge in [0.05, 0.1) is 0 Å².